The second kappa shape index (κ2) is 4.77. The van der Waals surface area contributed by atoms with Gasteiger partial charge < -0.3 is 10.5 Å². The Balaban J connectivity index is 2.22. The topological polar surface area (TPSA) is 38.5 Å². The molecule has 4 atom stereocenters. The highest BCUT2D eigenvalue weighted by Gasteiger charge is 2.52. The van der Waals surface area contributed by atoms with Crippen molar-refractivity contribution in [3.05, 3.63) is 0 Å². The van der Waals surface area contributed by atoms with Crippen LogP contribution in [0.2, 0.25) is 0 Å². The van der Waals surface area contributed by atoms with Gasteiger partial charge in [0, 0.05) is 25.2 Å². The predicted octanol–water partition coefficient (Wildman–Crippen LogP) is 2.25. The van der Waals surface area contributed by atoms with Crippen LogP contribution in [0.3, 0.4) is 0 Å². The average molecular weight is 254 g/mol. The van der Waals surface area contributed by atoms with Gasteiger partial charge >= 0.3 is 0 Å². The number of ether oxygens (including phenoxy) is 1. The summed E-state index contributed by atoms with van der Waals surface area (Å²) in [5.74, 6) is 0.676. The van der Waals surface area contributed by atoms with Gasteiger partial charge in [-0.3, -0.25) is 4.90 Å². The lowest BCUT2D eigenvalue weighted by Gasteiger charge is -2.49. The van der Waals surface area contributed by atoms with Gasteiger partial charge in [0.2, 0.25) is 0 Å². The number of nitrogens with zero attached hydrogens (tertiary/aromatic N) is 1. The molecule has 2 aliphatic rings. The maximum absolute atomic E-state index is 6.22. The molecule has 0 radical (unpaired) electrons. The Hall–Kier alpha value is -0.120. The van der Waals surface area contributed by atoms with E-state index in [1.807, 2.05) is 0 Å². The highest BCUT2D eigenvalue weighted by molar-refractivity contribution is 5.07. The van der Waals surface area contributed by atoms with Crippen LogP contribution in [0.4, 0.5) is 0 Å². The summed E-state index contributed by atoms with van der Waals surface area (Å²) in [5.41, 5.74) is 6.83. The van der Waals surface area contributed by atoms with Crippen LogP contribution in [-0.2, 0) is 4.74 Å². The minimum absolute atomic E-state index is 0.190. The van der Waals surface area contributed by atoms with E-state index < -0.39 is 0 Å². The van der Waals surface area contributed by atoms with Crippen LogP contribution in [0.1, 0.15) is 47.5 Å². The van der Waals surface area contributed by atoms with Crippen molar-refractivity contribution in [1.82, 2.24) is 4.90 Å². The standard InChI is InChI=1S/C15H30N2O/c1-11-6-14(4,5)9-15(11,10-16)17-7-12(2)18-13(3)8-17/h11-13H,6-10,16H2,1-5H3. The van der Waals surface area contributed by atoms with Crippen molar-refractivity contribution in [2.24, 2.45) is 17.1 Å². The molecule has 106 valence electrons. The normalized spacial score (nSPS) is 45.3. The minimum atomic E-state index is 0.190. The number of morpholine rings is 1. The lowest BCUT2D eigenvalue weighted by atomic mass is 9.83. The summed E-state index contributed by atoms with van der Waals surface area (Å²) in [6.07, 6.45) is 3.16. The lowest BCUT2D eigenvalue weighted by Crippen LogP contribution is -2.62. The molecule has 3 heteroatoms. The third-order valence-corrected chi connectivity index (χ3v) is 4.96. The van der Waals surface area contributed by atoms with Crippen LogP contribution < -0.4 is 5.73 Å². The second-order valence-electron chi connectivity index (χ2n) is 7.42. The molecule has 0 aromatic rings. The van der Waals surface area contributed by atoms with E-state index in [1.54, 1.807) is 0 Å². The molecular formula is C15H30N2O. The van der Waals surface area contributed by atoms with Crippen molar-refractivity contribution in [2.75, 3.05) is 19.6 Å². The summed E-state index contributed by atoms with van der Waals surface area (Å²) in [5, 5.41) is 0. The molecule has 1 aliphatic carbocycles. The zero-order valence-electron chi connectivity index (χ0n) is 12.7. The molecule has 1 saturated heterocycles. The van der Waals surface area contributed by atoms with Gasteiger partial charge in [0.05, 0.1) is 12.2 Å². The molecule has 0 aromatic heterocycles. The largest absolute Gasteiger partial charge is 0.373 e. The molecule has 2 N–H and O–H groups in total. The highest BCUT2D eigenvalue weighted by atomic mass is 16.5. The smallest absolute Gasteiger partial charge is 0.0678 e. The fraction of sp³-hybridized carbons (Fsp3) is 1.00. The Labute approximate surface area is 112 Å². The SMILES string of the molecule is CC1CN(C2(CN)CC(C)(C)CC2C)CC(C)O1. The fourth-order valence-corrected chi connectivity index (χ4v) is 4.46. The maximum Gasteiger partial charge on any atom is 0.0678 e. The average Bonchev–Trinajstić information content (AvgIpc) is 2.47. The van der Waals surface area contributed by atoms with Gasteiger partial charge in [-0.2, -0.15) is 0 Å². The fourth-order valence-electron chi connectivity index (χ4n) is 4.46. The Morgan fingerprint density at radius 2 is 1.72 bits per heavy atom. The lowest BCUT2D eigenvalue weighted by molar-refractivity contribution is -0.108. The first-order chi connectivity index (χ1) is 8.29. The summed E-state index contributed by atoms with van der Waals surface area (Å²) in [6, 6.07) is 0. The number of hydrogen-bond acceptors (Lipinski definition) is 3. The Morgan fingerprint density at radius 1 is 1.17 bits per heavy atom. The van der Waals surface area contributed by atoms with Crippen molar-refractivity contribution in [3.8, 4) is 0 Å². The van der Waals surface area contributed by atoms with Crippen LogP contribution >= 0.6 is 0 Å². The van der Waals surface area contributed by atoms with Gasteiger partial charge in [0.15, 0.2) is 0 Å². The summed E-state index contributed by atoms with van der Waals surface area (Å²) in [7, 11) is 0. The molecule has 0 amide bonds. The molecule has 3 nitrogen and oxygen atoms in total. The van der Waals surface area contributed by atoms with Gasteiger partial charge in [-0.25, -0.2) is 0 Å². The van der Waals surface area contributed by atoms with E-state index >= 15 is 0 Å². The Kier molecular flexibility index (Phi) is 3.79. The summed E-state index contributed by atoms with van der Waals surface area (Å²) in [6.45, 7) is 14.3. The number of rotatable bonds is 2. The Morgan fingerprint density at radius 3 is 2.11 bits per heavy atom. The molecule has 18 heavy (non-hydrogen) atoms. The Bertz CT molecular complexity index is 295. The highest BCUT2D eigenvalue weighted by Crippen LogP contribution is 2.50. The molecular weight excluding hydrogens is 224 g/mol. The van der Waals surface area contributed by atoms with Crippen molar-refractivity contribution < 1.29 is 4.74 Å². The first-order valence-electron chi connectivity index (χ1n) is 7.40. The van der Waals surface area contributed by atoms with Crippen LogP contribution in [0.15, 0.2) is 0 Å². The predicted molar refractivity (Wildman–Crippen MR) is 75.5 cm³/mol. The van der Waals surface area contributed by atoms with Gasteiger partial charge in [-0.1, -0.05) is 20.8 Å². The summed E-state index contributed by atoms with van der Waals surface area (Å²) < 4.78 is 5.87. The zero-order valence-corrected chi connectivity index (χ0v) is 12.7. The van der Waals surface area contributed by atoms with E-state index in [0.29, 0.717) is 23.5 Å². The van der Waals surface area contributed by atoms with Crippen LogP contribution in [-0.4, -0.2) is 42.3 Å². The van der Waals surface area contributed by atoms with Gasteiger partial charge in [0.1, 0.15) is 0 Å². The molecule has 2 rings (SSSR count). The van der Waals surface area contributed by atoms with E-state index in [4.69, 9.17) is 10.5 Å². The van der Waals surface area contributed by atoms with Crippen molar-refractivity contribution in [1.29, 1.82) is 0 Å². The number of nitrogens with two attached hydrogens (primary N) is 1. The summed E-state index contributed by atoms with van der Waals surface area (Å²) in [4.78, 5) is 2.63. The van der Waals surface area contributed by atoms with Gasteiger partial charge in [0.25, 0.3) is 0 Å². The van der Waals surface area contributed by atoms with Crippen molar-refractivity contribution in [3.63, 3.8) is 0 Å². The maximum atomic E-state index is 6.22. The first kappa shape index (κ1) is 14.3. The molecule has 1 heterocycles. The molecule has 0 bridgehead atoms. The van der Waals surface area contributed by atoms with Crippen LogP contribution in [0, 0.1) is 11.3 Å². The summed E-state index contributed by atoms with van der Waals surface area (Å²) >= 11 is 0. The van der Waals surface area contributed by atoms with Gasteiger partial charge in [-0.15, -0.1) is 0 Å². The van der Waals surface area contributed by atoms with Gasteiger partial charge in [-0.05, 0) is 38.0 Å². The molecule has 2 fully saturated rings. The van der Waals surface area contributed by atoms with E-state index in [1.165, 1.54) is 12.8 Å². The van der Waals surface area contributed by atoms with Crippen LogP contribution in [0.25, 0.3) is 0 Å². The molecule has 1 aliphatic heterocycles. The van der Waals surface area contributed by atoms with E-state index in [0.717, 1.165) is 19.6 Å². The first-order valence-corrected chi connectivity index (χ1v) is 7.40. The van der Waals surface area contributed by atoms with E-state index in [-0.39, 0.29) is 5.54 Å². The van der Waals surface area contributed by atoms with E-state index in [9.17, 15) is 0 Å². The van der Waals surface area contributed by atoms with Crippen molar-refractivity contribution >= 4 is 0 Å². The zero-order chi connectivity index (χ0) is 13.6. The molecule has 1 saturated carbocycles. The molecule has 0 spiro atoms. The molecule has 0 aromatic carbocycles. The molecule has 4 unspecified atom stereocenters. The number of hydrogen-bond donors (Lipinski definition) is 1. The third kappa shape index (κ3) is 2.45. The quantitative estimate of drug-likeness (QED) is 0.821. The van der Waals surface area contributed by atoms with E-state index in [2.05, 4.69) is 39.5 Å². The monoisotopic (exact) mass is 254 g/mol. The van der Waals surface area contributed by atoms with Crippen LogP contribution in [0.5, 0.6) is 0 Å². The minimum Gasteiger partial charge on any atom is -0.373 e. The second-order valence-corrected chi connectivity index (χ2v) is 7.42. The third-order valence-electron chi connectivity index (χ3n) is 4.96. The van der Waals surface area contributed by atoms with Crippen molar-refractivity contribution in [2.45, 2.75) is 65.2 Å².